The van der Waals surface area contributed by atoms with Gasteiger partial charge in [0.1, 0.15) is 12.4 Å². The Morgan fingerprint density at radius 1 is 1.53 bits per heavy atom. The first-order valence-corrected chi connectivity index (χ1v) is 5.75. The van der Waals surface area contributed by atoms with Gasteiger partial charge in [-0.3, -0.25) is 4.99 Å². The van der Waals surface area contributed by atoms with Crippen molar-refractivity contribution in [3.8, 4) is 0 Å². The maximum atomic E-state index is 8.11. The molecule has 0 aliphatic carbocycles. The number of aliphatic imine (C=N–C) groups is 1. The summed E-state index contributed by atoms with van der Waals surface area (Å²) in [5.74, 6) is 1.90. The Balaban J connectivity index is 0.000000181. The molecule has 1 aliphatic rings. The first kappa shape index (κ1) is 13.1. The van der Waals surface area contributed by atoms with E-state index in [0.717, 1.165) is 6.54 Å². The van der Waals surface area contributed by atoms with E-state index in [1.165, 1.54) is 12.8 Å². The molecule has 1 aliphatic heterocycles. The summed E-state index contributed by atoms with van der Waals surface area (Å²) in [5.41, 5.74) is 0.486. The molecule has 0 spiro atoms. The van der Waals surface area contributed by atoms with Crippen LogP contribution in [0.1, 0.15) is 19.8 Å². The van der Waals surface area contributed by atoms with Crippen molar-refractivity contribution in [2.75, 3.05) is 0 Å². The van der Waals surface area contributed by atoms with Gasteiger partial charge in [-0.1, -0.05) is 13.3 Å². The number of nitrogens with zero attached hydrogens (tertiary/aromatic N) is 4. The number of hydrogen-bond donors (Lipinski definition) is 0. The van der Waals surface area contributed by atoms with E-state index in [9.17, 15) is 0 Å². The van der Waals surface area contributed by atoms with E-state index >= 15 is 0 Å². The van der Waals surface area contributed by atoms with E-state index in [1.807, 2.05) is 12.9 Å². The quantitative estimate of drug-likeness (QED) is 0.562. The second-order valence-corrected chi connectivity index (χ2v) is 3.80. The molecule has 0 saturated carbocycles. The van der Waals surface area contributed by atoms with Gasteiger partial charge in [0.05, 0.1) is 19.3 Å². The smallest absolute Gasteiger partial charge is 0.243 e. The number of aromatic nitrogens is 2. The van der Waals surface area contributed by atoms with Crippen LogP contribution in [-0.2, 0) is 13.6 Å². The minimum absolute atomic E-state index is 0.486. The summed E-state index contributed by atoms with van der Waals surface area (Å²) in [5, 5.41) is 8.11. The molecule has 0 aromatic carbocycles. The summed E-state index contributed by atoms with van der Waals surface area (Å²) >= 11 is 0. The SMILES string of the molecule is CCCCn1cc[n+](C)c1.[N-]=C=C1C=CC=N1. The van der Waals surface area contributed by atoms with Gasteiger partial charge in [0.2, 0.25) is 6.33 Å². The van der Waals surface area contributed by atoms with Gasteiger partial charge in [-0.05, 0) is 18.6 Å². The zero-order valence-electron chi connectivity index (χ0n) is 10.4. The van der Waals surface area contributed by atoms with Crippen LogP contribution in [0.2, 0.25) is 0 Å². The predicted octanol–water partition coefficient (Wildman–Crippen LogP) is 1.86. The molecular weight excluding hydrogens is 212 g/mol. The standard InChI is InChI=1S/C8H15N2.C5H3N2/c1-3-4-5-10-7-6-9(2)8-10;6-4-5-2-1-3-7-5/h6-8H,3-5H2,1-2H3;1-3H/q+1;-1. The Kier molecular flexibility index (Phi) is 5.69. The van der Waals surface area contributed by atoms with Gasteiger partial charge in [0, 0.05) is 6.21 Å². The number of unbranched alkanes of at least 4 members (excludes halogenated alkanes) is 1. The zero-order valence-corrected chi connectivity index (χ0v) is 10.4. The minimum atomic E-state index is 0.486. The van der Waals surface area contributed by atoms with Crippen LogP contribution in [0.3, 0.4) is 0 Å². The van der Waals surface area contributed by atoms with E-state index in [-0.39, 0.29) is 0 Å². The van der Waals surface area contributed by atoms with Crippen LogP contribution in [0.4, 0.5) is 0 Å². The van der Waals surface area contributed by atoms with Gasteiger partial charge in [-0.25, -0.2) is 15.0 Å². The minimum Gasteiger partial charge on any atom is -0.761 e. The molecule has 17 heavy (non-hydrogen) atoms. The maximum Gasteiger partial charge on any atom is 0.243 e. The van der Waals surface area contributed by atoms with Crippen molar-refractivity contribution in [3.63, 3.8) is 0 Å². The number of aryl methyl sites for hydroxylation is 2. The molecule has 2 heterocycles. The average molecular weight is 230 g/mol. The first-order chi connectivity index (χ1) is 8.26. The first-order valence-electron chi connectivity index (χ1n) is 5.75. The van der Waals surface area contributed by atoms with E-state index < -0.39 is 0 Å². The number of allylic oxidation sites excluding steroid dienone is 2. The van der Waals surface area contributed by atoms with Crippen molar-refractivity contribution in [2.24, 2.45) is 12.0 Å². The molecule has 4 nitrogen and oxygen atoms in total. The van der Waals surface area contributed by atoms with Gasteiger partial charge in [-0.2, -0.15) is 0 Å². The highest BCUT2D eigenvalue weighted by Gasteiger charge is 1.96. The fraction of sp³-hybridized carbons (Fsp3) is 0.385. The summed E-state index contributed by atoms with van der Waals surface area (Å²) < 4.78 is 4.28. The lowest BCUT2D eigenvalue weighted by atomic mass is 10.3. The van der Waals surface area contributed by atoms with Crippen molar-refractivity contribution >= 4 is 12.1 Å². The van der Waals surface area contributed by atoms with Crippen LogP contribution in [-0.4, -0.2) is 16.7 Å². The average Bonchev–Trinajstić information content (AvgIpc) is 2.98. The molecule has 0 unspecified atom stereocenters. The van der Waals surface area contributed by atoms with Crippen molar-refractivity contribution in [1.29, 1.82) is 0 Å². The number of rotatable bonds is 3. The lowest BCUT2D eigenvalue weighted by Crippen LogP contribution is -2.23. The lowest BCUT2D eigenvalue weighted by molar-refractivity contribution is -0.671. The Morgan fingerprint density at radius 3 is 2.76 bits per heavy atom. The molecule has 1 aromatic heterocycles. The molecule has 1 aromatic rings. The molecule has 0 N–H and O–H groups in total. The summed E-state index contributed by atoms with van der Waals surface area (Å²) in [7, 11) is 2.04. The highest BCUT2D eigenvalue weighted by molar-refractivity contribution is 5.82. The molecule has 0 radical (unpaired) electrons. The maximum absolute atomic E-state index is 8.11. The molecule has 4 heteroatoms. The Hall–Kier alpha value is -1.93. The fourth-order valence-electron chi connectivity index (χ4n) is 1.34. The van der Waals surface area contributed by atoms with E-state index in [1.54, 1.807) is 18.4 Å². The monoisotopic (exact) mass is 230 g/mol. The van der Waals surface area contributed by atoms with Crippen LogP contribution >= 0.6 is 0 Å². The summed E-state index contributed by atoms with van der Waals surface area (Å²) in [4.78, 5) is 3.67. The van der Waals surface area contributed by atoms with Crippen molar-refractivity contribution < 1.29 is 4.57 Å². The topological polar surface area (TPSA) is 43.5 Å². The van der Waals surface area contributed by atoms with E-state index in [4.69, 9.17) is 5.41 Å². The number of imidazole rings is 1. The van der Waals surface area contributed by atoms with Gasteiger partial charge in [-0.15, -0.1) is 0 Å². The van der Waals surface area contributed by atoms with E-state index in [0.29, 0.717) is 5.70 Å². The largest absolute Gasteiger partial charge is 0.761 e. The summed E-state index contributed by atoms with van der Waals surface area (Å²) in [6.07, 6.45) is 13.8. The third-order valence-corrected chi connectivity index (χ3v) is 2.26. The Morgan fingerprint density at radius 2 is 2.35 bits per heavy atom. The van der Waals surface area contributed by atoms with Gasteiger partial charge >= 0.3 is 0 Å². The molecule has 0 amide bonds. The Bertz CT molecular complexity index is 434. The van der Waals surface area contributed by atoms with Crippen LogP contribution in [0.15, 0.2) is 41.6 Å². The normalized spacial score (nSPS) is 12.2. The molecule has 2 rings (SSSR count). The van der Waals surface area contributed by atoms with Crippen LogP contribution in [0.5, 0.6) is 0 Å². The van der Waals surface area contributed by atoms with Crippen LogP contribution in [0.25, 0.3) is 5.41 Å². The fourth-order valence-corrected chi connectivity index (χ4v) is 1.34. The second-order valence-electron chi connectivity index (χ2n) is 3.80. The highest BCUT2D eigenvalue weighted by Crippen LogP contribution is 1.96. The molecule has 90 valence electrons. The van der Waals surface area contributed by atoms with Crippen molar-refractivity contribution in [3.05, 3.63) is 42.0 Å². The van der Waals surface area contributed by atoms with Gasteiger partial charge < -0.3 is 5.41 Å². The third kappa shape index (κ3) is 5.09. The summed E-state index contributed by atoms with van der Waals surface area (Å²) in [6, 6.07) is 0. The number of hydrogen-bond acceptors (Lipinski definition) is 1. The zero-order chi connectivity index (χ0) is 12.5. The summed E-state index contributed by atoms with van der Waals surface area (Å²) in [6.45, 7) is 3.36. The van der Waals surface area contributed by atoms with Gasteiger partial charge in [0.25, 0.3) is 0 Å². The second kappa shape index (κ2) is 7.36. The molecule has 0 fully saturated rings. The lowest BCUT2D eigenvalue weighted by Gasteiger charge is -1.90. The van der Waals surface area contributed by atoms with Crippen molar-refractivity contribution in [1.82, 2.24) is 4.57 Å². The molecule has 0 bridgehead atoms. The van der Waals surface area contributed by atoms with Crippen LogP contribution in [0, 0.1) is 0 Å². The highest BCUT2D eigenvalue weighted by atomic mass is 15.1. The molecular formula is C13H18N4. The molecule has 0 saturated heterocycles. The Labute approximate surface area is 102 Å². The van der Waals surface area contributed by atoms with Gasteiger partial charge in [0.15, 0.2) is 0 Å². The molecule has 0 atom stereocenters. The van der Waals surface area contributed by atoms with Crippen LogP contribution < -0.4 is 4.57 Å². The van der Waals surface area contributed by atoms with E-state index in [2.05, 4.69) is 39.8 Å². The predicted molar refractivity (Wildman–Crippen MR) is 70.0 cm³/mol. The third-order valence-electron chi connectivity index (χ3n) is 2.26. The van der Waals surface area contributed by atoms with Crippen molar-refractivity contribution in [2.45, 2.75) is 26.3 Å².